The molecule has 254 valence electrons. The zero-order valence-corrected chi connectivity index (χ0v) is 28.7. The van der Waals surface area contributed by atoms with Crippen molar-refractivity contribution in [2.24, 2.45) is 0 Å². The van der Waals surface area contributed by atoms with Gasteiger partial charge in [-0.15, -0.1) is 0 Å². The first-order valence-corrected chi connectivity index (χ1v) is 17.0. The Morgan fingerprint density at radius 1 is 0.812 bits per heavy atom. The zero-order chi connectivity index (χ0) is 35.3. The fourth-order valence-corrected chi connectivity index (χ4v) is 6.88. The molecule has 1 N–H and O–H groups in total. The van der Waals surface area contributed by atoms with Crippen molar-refractivity contribution in [2.45, 2.75) is 56.4 Å². The molecule has 0 saturated carbocycles. The van der Waals surface area contributed by atoms with E-state index in [1.807, 2.05) is 0 Å². The quantitative estimate of drug-likeness (QED) is 0.172. The molecule has 0 saturated heterocycles. The molecule has 7 nitrogen and oxygen atoms in total. The normalized spacial score (nSPS) is 12.7. The van der Waals surface area contributed by atoms with Crippen molar-refractivity contribution < 1.29 is 31.2 Å². The Balaban J connectivity index is 1.88. The number of hydrogen-bond donors (Lipinski definition) is 1. The van der Waals surface area contributed by atoms with Crippen LogP contribution in [-0.2, 0) is 38.8 Å². The number of sulfonamides is 1. The first kappa shape index (κ1) is 36.8. The lowest BCUT2D eigenvalue weighted by molar-refractivity contribution is -0.140. The Hall–Kier alpha value is -4.06. The van der Waals surface area contributed by atoms with Gasteiger partial charge in [0.1, 0.15) is 12.6 Å². The highest BCUT2D eigenvalue weighted by molar-refractivity contribution is 7.92. The van der Waals surface area contributed by atoms with Gasteiger partial charge in [-0.2, -0.15) is 13.2 Å². The molecule has 0 aliphatic rings. The predicted molar refractivity (Wildman–Crippen MR) is 181 cm³/mol. The maximum Gasteiger partial charge on any atom is 0.416 e. The van der Waals surface area contributed by atoms with Crippen LogP contribution in [0.1, 0.15) is 37.5 Å². The molecule has 0 heterocycles. The van der Waals surface area contributed by atoms with Crippen molar-refractivity contribution in [3.63, 3.8) is 0 Å². The van der Waals surface area contributed by atoms with Gasteiger partial charge in [0.05, 0.1) is 21.2 Å². The van der Waals surface area contributed by atoms with Gasteiger partial charge >= 0.3 is 6.18 Å². The molecule has 1 atom stereocenters. The molecule has 13 heteroatoms. The van der Waals surface area contributed by atoms with Gasteiger partial charge in [-0.3, -0.25) is 13.9 Å². The summed E-state index contributed by atoms with van der Waals surface area (Å²) in [6, 6.07) is 23.6. The summed E-state index contributed by atoms with van der Waals surface area (Å²) in [4.78, 5) is 29.4. The van der Waals surface area contributed by atoms with Crippen molar-refractivity contribution in [3.05, 3.63) is 130 Å². The summed E-state index contributed by atoms with van der Waals surface area (Å²) in [5, 5.41) is 2.94. The van der Waals surface area contributed by atoms with Crippen LogP contribution < -0.4 is 9.62 Å². The number of anilines is 1. The summed E-state index contributed by atoms with van der Waals surface area (Å²) < 4.78 is 70.3. The summed E-state index contributed by atoms with van der Waals surface area (Å²) in [5.41, 5.74) is -1.17. The van der Waals surface area contributed by atoms with Crippen LogP contribution in [0.25, 0.3) is 0 Å². The molecule has 4 aromatic rings. The Bertz CT molecular complexity index is 1850. The average molecular weight is 721 g/mol. The second-order valence-electron chi connectivity index (χ2n) is 12.1. The molecule has 0 aromatic heterocycles. The SMILES string of the molecule is CC(C)(C)NC(=O)C(Cc1ccccc1)N(Cc1cccc(Cl)c1)C(=O)CN(c1cc(C(F)(F)F)ccc1Cl)S(=O)(=O)c1ccccc1. The van der Waals surface area contributed by atoms with Crippen molar-refractivity contribution in [3.8, 4) is 0 Å². The molecule has 0 radical (unpaired) electrons. The third-order valence-electron chi connectivity index (χ3n) is 7.16. The van der Waals surface area contributed by atoms with Crippen molar-refractivity contribution in [1.29, 1.82) is 0 Å². The van der Waals surface area contributed by atoms with E-state index in [1.54, 1.807) is 81.4 Å². The molecule has 0 fully saturated rings. The molecular weight excluding hydrogens is 686 g/mol. The summed E-state index contributed by atoms with van der Waals surface area (Å²) in [5.74, 6) is -1.38. The molecule has 4 rings (SSSR count). The second kappa shape index (κ2) is 15.0. The number of nitrogens with zero attached hydrogens (tertiary/aromatic N) is 2. The average Bonchev–Trinajstić information content (AvgIpc) is 3.01. The van der Waals surface area contributed by atoms with Gasteiger partial charge in [0.15, 0.2) is 0 Å². The van der Waals surface area contributed by atoms with Gasteiger partial charge in [0.2, 0.25) is 11.8 Å². The van der Waals surface area contributed by atoms with Crippen LogP contribution in [0.5, 0.6) is 0 Å². The Kier molecular flexibility index (Phi) is 11.5. The molecule has 2 amide bonds. The molecule has 48 heavy (non-hydrogen) atoms. The van der Waals surface area contributed by atoms with Gasteiger partial charge in [-0.25, -0.2) is 8.42 Å². The highest BCUT2D eigenvalue weighted by Gasteiger charge is 2.38. The Morgan fingerprint density at radius 2 is 1.42 bits per heavy atom. The molecular formula is C35H34Cl2F3N3O4S. The zero-order valence-electron chi connectivity index (χ0n) is 26.3. The van der Waals surface area contributed by atoms with E-state index in [4.69, 9.17) is 23.2 Å². The minimum Gasteiger partial charge on any atom is -0.350 e. The number of hydrogen-bond acceptors (Lipinski definition) is 4. The monoisotopic (exact) mass is 719 g/mol. The van der Waals surface area contributed by atoms with E-state index in [1.165, 1.54) is 29.2 Å². The fraction of sp³-hybridized carbons (Fsp3) is 0.257. The Labute approximate surface area is 288 Å². The maximum absolute atomic E-state index is 14.5. The largest absolute Gasteiger partial charge is 0.416 e. The second-order valence-corrected chi connectivity index (χ2v) is 14.8. The number of carbonyl (C=O) groups excluding carboxylic acids is 2. The topological polar surface area (TPSA) is 86.8 Å². The molecule has 4 aromatic carbocycles. The lowest BCUT2D eigenvalue weighted by Crippen LogP contribution is -2.56. The van der Waals surface area contributed by atoms with E-state index in [0.717, 1.165) is 12.1 Å². The van der Waals surface area contributed by atoms with Gasteiger partial charge in [0, 0.05) is 23.5 Å². The van der Waals surface area contributed by atoms with Gasteiger partial charge in [0.25, 0.3) is 10.0 Å². The smallest absolute Gasteiger partial charge is 0.350 e. The van der Waals surface area contributed by atoms with Crippen LogP contribution in [0.2, 0.25) is 10.0 Å². The minimum absolute atomic E-state index is 0.0464. The standard InChI is InChI=1S/C35H34Cl2F3N3O4S/c1-34(2,3)41-33(45)31(20-24-11-6-4-7-12-24)42(22-25-13-10-14-27(36)19-25)32(44)23-43(48(46,47)28-15-8-5-9-16-28)30-21-26(35(38,39)40)17-18-29(30)37/h4-19,21,31H,20,22-23H2,1-3H3,(H,41,45). The number of alkyl halides is 3. The van der Waals surface area contributed by atoms with Crippen molar-refractivity contribution in [2.75, 3.05) is 10.8 Å². The number of rotatable bonds is 11. The van der Waals surface area contributed by atoms with E-state index in [-0.39, 0.29) is 22.9 Å². The fourth-order valence-electron chi connectivity index (χ4n) is 4.95. The summed E-state index contributed by atoms with van der Waals surface area (Å²) >= 11 is 12.6. The van der Waals surface area contributed by atoms with Crippen molar-refractivity contribution >= 4 is 50.7 Å². The van der Waals surface area contributed by atoms with Gasteiger partial charge in [-0.1, -0.05) is 83.9 Å². The number of benzene rings is 4. The molecule has 0 spiro atoms. The first-order chi connectivity index (χ1) is 22.5. The highest BCUT2D eigenvalue weighted by atomic mass is 35.5. The molecule has 0 aliphatic heterocycles. The number of halogens is 5. The summed E-state index contributed by atoms with van der Waals surface area (Å²) in [6.07, 6.45) is -4.79. The predicted octanol–water partition coefficient (Wildman–Crippen LogP) is 7.76. The Morgan fingerprint density at radius 3 is 2.00 bits per heavy atom. The van der Waals surface area contributed by atoms with E-state index in [9.17, 15) is 31.2 Å². The van der Waals surface area contributed by atoms with Crippen LogP contribution in [-0.4, -0.2) is 43.3 Å². The highest BCUT2D eigenvalue weighted by Crippen LogP contribution is 2.37. The number of carbonyl (C=O) groups is 2. The van der Waals surface area contributed by atoms with Crippen molar-refractivity contribution in [1.82, 2.24) is 10.2 Å². The first-order valence-electron chi connectivity index (χ1n) is 14.8. The molecule has 0 aliphatic carbocycles. The van der Waals surface area contributed by atoms with E-state index >= 15 is 0 Å². The van der Waals surface area contributed by atoms with Crippen LogP contribution >= 0.6 is 23.2 Å². The van der Waals surface area contributed by atoms with E-state index in [0.29, 0.717) is 26.5 Å². The van der Waals surface area contributed by atoms with E-state index in [2.05, 4.69) is 5.32 Å². The molecule has 1 unspecified atom stereocenters. The number of amides is 2. The van der Waals surface area contributed by atoms with Crippen LogP contribution in [0, 0.1) is 0 Å². The van der Waals surface area contributed by atoms with Crippen LogP contribution in [0.4, 0.5) is 18.9 Å². The minimum atomic E-state index is -4.84. The summed E-state index contributed by atoms with van der Waals surface area (Å²) in [7, 11) is -4.67. The van der Waals surface area contributed by atoms with Crippen LogP contribution in [0.3, 0.4) is 0 Å². The number of nitrogens with one attached hydrogen (secondary N) is 1. The van der Waals surface area contributed by atoms with Crippen LogP contribution in [0.15, 0.2) is 108 Å². The third-order valence-corrected chi connectivity index (χ3v) is 9.49. The van der Waals surface area contributed by atoms with E-state index < -0.39 is 57.4 Å². The summed E-state index contributed by atoms with van der Waals surface area (Å²) in [6.45, 7) is 4.17. The lowest BCUT2D eigenvalue weighted by atomic mass is 10.0. The third kappa shape index (κ3) is 9.52. The van der Waals surface area contributed by atoms with Gasteiger partial charge < -0.3 is 10.2 Å². The molecule has 0 bridgehead atoms. The maximum atomic E-state index is 14.5. The lowest BCUT2D eigenvalue weighted by Gasteiger charge is -2.35. The van der Waals surface area contributed by atoms with Gasteiger partial charge in [-0.05, 0) is 74.4 Å².